The molecule has 1 aliphatic rings. The third-order valence-electron chi connectivity index (χ3n) is 6.89. The van der Waals surface area contributed by atoms with Crippen molar-refractivity contribution >= 4 is 33.5 Å². The van der Waals surface area contributed by atoms with Crippen molar-refractivity contribution in [3.8, 4) is 11.3 Å². The van der Waals surface area contributed by atoms with E-state index in [4.69, 9.17) is 21.3 Å². The van der Waals surface area contributed by atoms with E-state index in [1.165, 1.54) is 5.56 Å². The number of ether oxygens (including phenoxy) is 1. The predicted molar refractivity (Wildman–Crippen MR) is 133 cm³/mol. The van der Waals surface area contributed by atoms with E-state index in [0.717, 1.165) is 64.9 Å². The summed E-state index contributed by atoms with van der Waals surface area (Å²) in [6, 6.07) is 15.0. The minimum absolute atomic E-state index is 0.117. The molecule has 0 amide bonds. The Kier molecular flexibility index (Phi) is 5.31. The lowest BCUT2D eigenvalue weighted by atomic mass is 9.86. The van der Waals surface area contributed by atoms with Crippen molar-refractivity contribution in [1.29, 1.82) is 0 Å². The number of hydrogen-bond donors (Lipinski definition) is 0. The smallest absolute Gasteiger partial charge is 0.131 e. The molecule has 1 atom stereocenters. The van der Waals surface area contributed by atoms with E-state index in [-0.39, 0.29) is 6.04 Å². The molecular formula is C26H25ClN6O. The second-order valence-electron chi connectivity index (χ2n) is 8.94. The van der Waals surface area contributed by atoms with Crippen LogP contribution >= 0.6 is 11.6 Å². The Balaban J connectivity index is 1.67. The number of fused-ring (bicyclic) bond motifs is 3. The van der Waals surface area contributed by atoms with Crippen molar-refractivity contribution in [3.63, 3.8) is 0 Å². The first-order valence-electron chi connectivity index (χ1n) is 11.6. The van der Waals surface area contributed by atoms with Crippen LogP contribution in [-0.2, 0) is 11.8 Å². The SMILES string of the molecule is Cc1nnn(C)c1-c1cnc2c3cnc(Cl)cc3n([C@H](c3ccccc3)C3CCOCC3)c2c1. The number of benzene rings is 1. The van der Waals surface area contributed by atoms with Crippen molar-refractivity contribution in [1.82, 2.24) is 29.5 Å². The number of rotatable bonds is 4. The Labute approximate surface area is 202 Å². The summed E-state index contributed by atoms with van der Waals surface area (Å²) in [6.45, 7) is 3.52. The molecule has 0 spiro atoms. The lowest BCUT2D eigenvalue weighted by Gasteiger charge is -2.33. The van der Waals surface area contributed by atoms with E-state index < -0.39 is 0 Å². The molecule has 0 radical (unpaired) electrons. The Bertz CT molecular complexity index is 1470. The fraction of sp³-hybridized carbons (Fsp3) is 0.308. The molecule has 5 aromatic rings. The van der Waals surface area contributed by atoms with Crippen molar-refractivity contribution in [3.05, 3.63) is 71.3 Å². The maximum atomic E-state index is 6.42. The molecule has 0 unspecified atom stereocenters. The summed E-state index contributed by atoms with van der Waals surface area (Å²) >= 11 is 6.42. The molecule has 0 aliphatic carbocycles. The summed E-state index contributed by atoms with van der Waals surface area (Å²) in [5.41, 5.74) is 7.11. The van der Waals surface area contributed by atoms with Crippen LogP contribution in [0, 0.1) is 12.8 Å². The van der Waals surface area contributed by atoms with Crippen LogP contribution in [0.3, 0.4) is 0 Å². The number of aryl methyl sites for hydroxylation is 2. The lowest BCUT2D eigenvalue weighted by molar-refractivity contribution is 0.0553. The molecule has 8 heteroatoms. The number of halogens is 1. The van der Waals surface area contributed by atoms with Crippen molar-refractivity contribution in [2.45, 2.75) is 25.8 Å². The maximum absolute atomic E-state index is 6.42. The molecule has 1 fully saturated rings. The lowest BCUT2D eigenvalue weighted by Crippen LogP contribution is -2.26. The highest BCUT2D eigenvalue weighted by Crippen LogP contribution is 2.41. The first-order valence-corrected chi connectivity index (χ1v) is 11.9. The molecule has 172 valence electrons. The normalized spacial score (nSPS) is 15.9. The minimum atomic E-state index is 0.117. The van der Waals surface area contributed by atoms with Crippen LogP contribution < -0.4 is 0 Å². The zero-order valence-corrected chi connectivity index (χ0v) is 19.9. The van der Waals surface area contributed by atoms with Gasteiger partial charge in [-0.3, -0.25) is 4.98 Å². The zero-order valence-electron chi connectivity index (χ0n) is 19.1. The monoisotopic (exact) mass is 472 g/mol. The van der Waals surface area contributed by atoms with Gasteiger partial charge in [0.25, 0.3) is 0 Å². The Morgan fingerprint density at radius 2 is 1.82 bits per heavy atom. The van der Waals surface area contributed by atoms with Gasteiger partial charge in [0.05, 0.1) is 34.0 Å². The summed E-state index contributed by atoms with van der Waals surface area (Å²) < 4.78 is 9.94. The van der Waals surface area contributed by atoms with Crippen LogP contribution in [0.25, 0.3) is 33.2 Å². The third-order valence-corrected chi connectivity index (χ3v) is 7.10. The molecule has 0 N–H and O–H groups in total. The van der Waals surface area contributed by atoms with E-state index in [9.17, 15) is 0 Å². The summed E-state index contributed by atoms with van der Waals surface area (Å²) in [5, 5.41) is 9.91. The van der Waals surface area contributed by atoms with Gasteiger partial charge in [-0.05, 0) is 43.4 Å². The topological polar surface area (TPSA) is 70.7 Å². The molecule has 4 aromatic heterocycles. The van der Waals surface area contributed by atoms with Gasteiger partial charge in [0.2, 0.25) is 0 Å². The molecule has 1 aliphatic heterocycles. The van der Waals surface area contributed by atoms with Gasteiger partial charge in [-0.15, -0.1) is 5.10 Å². The highest BCUT2D eigenvalue weighted by molar-refractivity contribution is 6.30. The van der Waals surface area contributed by atoms with Gasteiger partial charge in [-0.25, -0.2) is 9.67 Å². The summed E-state index contributed by atoms with van der Waals surface area (Å²) in [5.74, 6) is 0.422. The van der Waals surface area contributed by atoms with Gasteiger partial charge < -0.3 is 9.30 Å². The van der Waals surface area contributed by atoms with E-state index in [1.807, 2.05) is 32.4 Å². The summed E-state index contributed by atoms with van der Waals surface area (Å²) in [7, 11) is 1.91. The molecule has 1 aromatic carbocycles. The number of nitrogens with zero attached hydrogens (tertiary/aromatic N) is 6. The van der Waals surface area contributed by atoms with Gasteiger partial charge in [-0.1, -0.05) is 47.1 Å². The Morgan fingerprint density at radius 3 is 2.56 bits per heavy atom. The van der Waals surface area contributed by atoms with Gasteiger partial charge >= 0.3 is 0 Å². The van der Waals surface area contributed by atoms with E-state index in [1.54, 1.807) is 4.68 Å². The van der Waals surface area contributed by atoms with E-state index >= 15 is 0 Å². The standard InChI is InChI=1S/C26H25ClN6O/c1-16-25(32(2)31-30-16)19-12-22-24(29-14-19)20-15-28-23(27)13-21(20)33(22)26(17-6-4-3-5-7-17)18-8-10-34-11-9-18/h3-7,12-15,18,26H,8-11H2,1-2H3/t26-/m1/s1. The maximum Gasteiger partial charge on any atom is 0.131 e. The van der Waals surface area contributed by atoms with Crippen LogP contribution in [0.4, 0.5) is 0 Å². The summed E-state index contributed by atoms with van der Waals surface area (Å²) in [4.78, 5) is 9.31. The minimum Gasteiger partial charge on any atom is -0.381 e. The van der Waals surface area contributed by atoms with Crippen LogP contribution in [0.1, 0.15) is 30.1 Å². The first-order chi connectivity index (χ1) is 16.6. The highest BCUT2D eigenvalue weighted by Gasteiger charge is 2.30. The fourth-order valence-corrected chi connectivity index (χ4v) is 5.53. The van der Waals surface area contributed by atoms with Gasteiger partial charge in [0.15, 0.2) is 0 Å². The predicted octanol–water partition coefficient (Wildman–Crippen LogP) is 5.36. The van der Waals surface area contributed by atoms with Gasteiger partial charge in [0, 0.05) is 43.6 Å². The average Bonchev–Trinajstić information content (AvgIpc) is 3.36. The van der Waals surface area contributed by atoms with Crippen LogP contribution in [-0.4, -0.2) is 42.7 Å². The van der Waals surface area contributed by atoms with E-state index in [0.29, 0.717) is 11.1 Å². The molecule has 6 rings (SSSR count). The molecule has 7 nitrogen and oxygen atoms in total. The molecule has 0 saturated carbocycles. The fourth-order valence-electron chi connectivity index (χ4n) is 5.38. The van der Waals surface area contributed by atoms with Crippen molar-refractivity contribution in [2.75, 3.05) is 13.2 Å². The van der Waals surface area contributed by atoms with Gasteiger partial charge in [-0.2, -0.15) is 0 Å². The zero-order chi connectivity index (χ0) is 23.2. The van der Waals surface area contributed by atoms with E-state index in [2.05, 4.69) is 56.3 Å². The van der Waals surface area contributed by atoms with Crippen molar-refractivity contribution in [2.24, 2.45) is 13.0 Å². The largest absolute Gasteiger partial charge is 0.381 e. The molecule has 1 saturated heterocycles. The number of pyridine rings is 2. The molecule has 0 bridgehead atoms. The second-order valence-corrected chi connectivity index (χ2v) is 9.33. The first kappa shape index (κ1) is 21.3. The van der Waals surface area contributed by atoms with Crippen molar-refractivity contribution < 1.29 is 4.74 Å². The second kappa shape index (κ2) is 8.49. The number of hydrogen-bond acceptors (Lipinski definition) is 5. The van der Waals surface area contributed by atoms with Gasteiger partial charge in [0.1, 0.15) is 5.15 Å². The Morgan fingerprint density at radius 1 is 1.03 bits per heavy atom. The molecule has 5 heterocycles. The van der Waals surface area contributed by atoms with Crippen LogP contribution in [0.2, 0.25) is 5.15 Å². The quantitative estimate of drug-likeness (QED) is 0.329. The number of aromatic nitrogens is 6. The highest BCUT2D eigenvalue weighted by atomic mass is 35.5. The molecule has 34 heavy (non-hydrogen) atoms. The molecular weight excluding hydrogens is 448 g/mol. The Hall–Kier alpha value is -3.29. The van der Waals surface area contributed by atoms with Crippen LogP contribution in [0.5, 0.6) is 0 Å². The average molecular weight is 473 g/mol. The van der Waals surface area contributed by atoms with Crippen LogP contribution in [0.15, 0.2) is 54.9 Å². The third kappa shape index (κ3) is 3.47. The summed E-state index contributed by atoms with van der Waals surface area (Å²) in [6.07, 6.45) is 5.74.